The SMILES string of the molecule is COCCC(=O)N[C@H]1C(C)(C)[C@@H]2C[C@@H]3[C@@H](c4ccc(-n5cccn5)cc4)OCC[C@@]31C2. The van der Waals surface area contributed by atoms with Crippen molar-refractivity contribution in [3.63, 3.8) is 0 Å². The molecule has 1 amide bonds. The van der Waals surface area contributed by atoms with E-state index in [0.29, 0.717) is 24.9 Å². The Bertz CT molecular complexity index is 924. The van der Waals surface area contributed by atoms with Crippen LogP contribution in [0.2, 0.25) is 0 Å². The fourth-order valence-corrected chi connectivity index (χ4v) is 6.78. The summed E-state index contributed by atoms with van der Waals surface area (Å²) in [5, 5.41) is 7.76. The zero-order valence-corrected chi connectivity index (χ0v) is 18.7. The number of benzene rings is 1. The first-order valence-corrected chi connectivity index (χ1v) is 11.5. The lowest BCUT2D eigenvalue weighted by Crippen LogP contribution is -2.59. The van der Waals surface area contributed by atoms with Crippen LogP contribution >= 0.6 is 0 Å². The van der Waals surface area contributed by atoms with Crippen LogP contribution in [0.1, 0.15) is 51.2 Å². The lowest BCUT2D eigenvalue weighted by atomic mass is 9.59. The van der Waals surface area contributed by atoms with Crippen LogP contribution in [0.3, 0.4) is 0 Å². The van der Waals surface area contributed by atoms with Crippen LogP contribution in [0, 0.1) is 22.7 Å². The molecule has 3 fully saturated rings. The molecule has 2 saturated carbocycles. The second-order valence-electron chi connectivity index (χ2n) is 10.1. The van der Waals surface area contributed by atoms with E-state index >= 15 is 0 Å². The van der Waals surface area contributed by atoms with E-state index in [4.69, 9.17) is 9.47 Å². The number of ether oxygens (including phenoxy) is 2. The molecule has 1 saturated heterocycles. The Labute approximate surface area is 184 Å². The van der Waals surface area contributed by atoms with Gasteiger partial charge in [-0.1, -0.05) is 26.0 Å². The number of amides is 1. The molecule has 0 unspecified atom stereocenters. The van der Waals surface area contributed by atoms with Gasteiger partial charge in [0.25, 0.3) is 0 Å². The predicted molar refractivity (Wildman–Crippen MR) is 118 cm³/mol. The lowest BCUT2D eigenvalue weighted by molar-refractivity contribution is -0.137. The fourth-order valence-electron chi connectivity index (χ4n) is 6.78. The number of carbonyl (C=O) groups excluding carboxylic acids is 1. The van der Waals surface area contributed by atoms with Crippen molar-refractivity contribution in [1.29, 1.82) is 0 Å². The molecular formula is C25H33N3O3. The van der Waals surface area contributed by atoms with E-state index in [-0.39, 0.29) is 28.9 Å². The van der Waals surface area contributed by atoms with Gasteiger partial charge in [0.2, 0.25) is 5.91 Å². The third-order valence-corrected chi connectivity index (χ3v) is 8.33. The van der Waals surface area contributed by atoms with Gasteiger partial charge in [-0.3, -0.25) is 4.79 Å². The Kier molecular flexibility index (Phi) is 5.18. The van der Waals surface area contributed by atoms with Gasteiger partial charge in [-0.05, 0) is 65.7 Å². The van der Waals surface area contributed by atoms with Crippen molar-refractivity contribution in [1.82, 2.24) is 15.1 Å². The maximum Gasteiger partial charge on any atom is 0.222 e. The van der Waals surface area contributed by atoms with Crippen LogP contribution in [0.4, 0.5) is 0 Å². The topological polar surface area (TPSA) is 65.4 Å². The van der Waals surface area contributed by atoms with Crippen molar-refractivity contribution in [2.24, 2.45) is 22.7 Å². The highest BCUT2D eigenvalue weighted by molar-refractivity contribution is 5.76. The molecule has 6 nitrogen and oxygen atoms in total. The number of nitrogens with zero attached hydrogens (tertiary/aromatic N) is 2. The summed E-state index contributed by atoms with van der Waals surface area (Å²) in [4.78, 5) is 12.7. The fraction of sp³-hybridized carbons (Fsp3) is 0.600. The minimum absolute atomic E-state index is 0.0832. The summed E-state index contributed by atoms with van der Waals surface area (Å²) >= 11 is 0. The highest BCUT2D eigenvalue weighted by Crippen LogP contribution is 2.70. The molecule has 31 heavy (non-hydrogen) atoms. The number of rotatable bonds is 6. The van der Waals surface area contributed by atoms with Crippen molar-refractivity contribution in [2.45, 2.75) is 51.7 Å². The van der Waals surface area contributed by atoms with Crippen molar-refractivity contribution >= 4 is 5.91 Å². The number of fused-ring (bicyclic) bond motifs is 1. The van der Waals surface area contributed by atoms with Crippen molar-refractivity contribution in [2.75, 3.05) is 20.3 Å². The molecule has 1 aromatic heterocycles. The van der Waals surface area contributed by atoms with Gasteiger partial charge < -0.3 is 14.8 Å². The Morgan fingerprint density at radius 3 is 2.84 bits per heavy atom. The van der Waals surface area contributed by atoms with E-state index < -0.39 is 0 Å². The molecule has 5 atom stereocenters. The maximum absolute atomic E-state index is 12.7. The lowest BCUT2D eigenvalue weighted by Gasteiger charge is -2.53. The quantitative estimate of drug-likeness (QED) is 0.765. The van der Waals surface area contributed by atoms with Crippen LogP contribution in [0.25, 0.3) is 5.69 Å². The molecule has 2 aliphatic carbocycles. The Balaban J connectivity index is 1.41. The third-order valence-electron chi connectivity index (χ3n) is 8.33. The van der Waals surface area contributed by atoms with Crippen LogP contribution in [-0.4, -0.2) is 42.1 Å². The summed E-state index contributed by atoms with van der Waals surface area (Å²) in [5.74, 6) is 1.15. The summed E-state index contributed by atoms with van der Waals surface area (Å²) in [6.07, 6.45) is 7.63. The Morgan fingerprint density at radius 1 is 1.32 bits per heavy atom. The second kappa shape index (κ2) is 7.75. The van der Waals surface area contributed by atoms with Crippen LogP contribution < -0.4 is 5.32 Å². The first kappa shape index (κ1) is 20.7. The maximum atomic E-state index is 12.7. The van der Waals surface area contributed by atoms with E-state index in [1.165, 1.54) is 18.4 Å². The van der Waals surface area contributed by atoms with Crippen LogP contribution in [-0.2, 0) is 14.3 Å². The molecule has 1 spiro atoms. The second-order valence-corrected chi connectivity index (χ2v) is 10.1. The van der Waals surface area contributed by atoms with E-state index in [1.807, 2.05) is 16.9 Å². The molecule has 2 aromatic rings. The van der Waals surface area contributed by atoms with E-state index in [2.05, 4.69) is 48.5 Å². The van der Waals surface area contributed by atoms with Gasteiger partial charge >= 0.3 is 0 Å². The first-order chi connectivity index (χ1) is 15.0. The van der Waals surface area contributed by atoms with Gasteiger partial charge in [-0.2, -0.15) is 5.10 Å². The largest absolute Gasteiger partial charge is 0.384 e. The molecule has 2 bridgehead atoms. The number of hydrogen-bond donors (Lipinski definition) is 1. The first-order valence-electron chi connectivity index (χ1n) is 11.5. The minimum Gasteiger partial charge on any atom is -0.384 e. The molecule has 166 valence electrons. The highest BCUT2D eigenvalue weighted by Gasteiger charge is 2.68. The minimum atomic E-state index is 0.0832. The molecule has 2 heterocycles. The normalized spacial score (nSPS) is 33.3. The van der Waals surface area contributed by atoms with Gasteiger partial charge in [0.05, 0.1) is 18.4 Å². The molecule has 6 heteroatoms. The average molecular weight is 424 g/mol. The number of carbonyl (C=O) groups is 1. The van der Waals surface area contributed by atoms with Crippen molar-refractivity contribution < 1.29 is 14.3 Å². The molecule has 3 aliphatic rings. The van der Waals surface area contributed by atoms with E-state index in [1.54, 1.807) is 13.3 Å². The molecule has 1 aromatic carbocycles. The summed E-state index contributed by atoms with van der Waals surface area (Å²) in [5.41, 5.74) is 2.50. The summed E-state index contributed by atoms with van der Waals surface area (Å²) < 4.78 is 13.4. The van der Waals surface area contributed by atoms with Gasteiger partial charge in [-0.15, -0.1) is 0 Å². The molecule has 0 radical (unpaired) electrons. The molecule has 1 N–H and O–H groups in total. The zero-order valence-electron chi connectivity index (χ0n) is 18.7. The molecule has 5 rings (SSSR count). The van der Waals surface area contributed by atoms with Gasteiger partial charge in [0.15, 0.2) is 0 Å². The molecular weight excluding hydrogens is 390 g/mol. The smallest absolute Gasteiger partial charge is 0.222 e. The number of methoxy groups -OCH3 is 1. The Morgan fingerprint density at radius 2 is 2.13 bits per heavy atom. The summed E-state index contributed by atoms with van der Waals surface area (Å²) in [6.45, 7) is 5.89. The zero-order chi connectivity index (χ0) is 21.6. The van der Waals surface area contributed by atoms with Gasteiger partial charge in [0, 0.05) is 38.6 Å². The van der Waals surface area contributed by atoms with Crippen molar-refractivity contribution in [3.05, 3.63) is 48.3 Å². The van der Waals surface area contributed by atoms with E-state index in [9.17, 15) is 4.79 Å². The third kappa shape index (κ3) is 3.31. The molecule has 1 aliphatic heterocycles. The van der Waals surface area contributed by atoms with Crippen LogP contribution in [0.15, 0.2) is 42.7 Å². The number of nitrogens with one attached hydrogen (secondary N) is 1. The van der Waals surface area contributed by atoms with Gasteiger partial charge in [-0.25, -0.2) is 4.68 Å². The average Bonchev–Trinajstić information content (AvgIpc) is 3.47. The highest BCUT2D eigenvalue weighted by atomic mass is 16.5. The van der Waals surface area contributed by atoms with E-state index in [0.717, 1.165) is 18.7 Å². The monoisotopic (exact) mass is 423 g/mol. The van der Waals surface area contributed by atoms with Crippen LogP contribution in [0.5, 0.6) is 0 Å². The standard InChI is InChI=1S/C25H33N3O3/c1-24(2)18-15-20-22(17-5-7-19(8-6-17)28-12-4-11-26-28)31-14-10-25(20,16-18)23(24)27-21(29)9-13-30-3/h4-8,11-12,18,20,22-23H,9-10,13-16H2,1-3H3,(H,27,29)/t18-,20-,22-,23+,25-/m1/s1. The summed E-state index contributed by atoms with van der Waals surface area (Å²) in [7, 11) is 1.64. The Hall–Kier alpha value is -2.18. The summed E-state index contributed by atoms with van der Waals surface area (Å²) in [6, 6.07) is 10.7. The van der Waals surface area contributed by atoms with Gasteiger partial charge in [0.1, 0.15) is 0 Å². The predicted octanol–water partition coefficient (Wildman–Crippen LogP) is 3.91. The van der Waals surface area contributed by atoms with Crippen molar-refractivity contribution in [3.8, 4) is 5.69 Å². The number of hydrogen-bond acceptors (Lipinski definition) is 4. The number of aromatic nitrogens is 2.